The van der Waals surface area contributed by atoms with Crippen molar-refractivity contribution in [3.05, 3.63) is 48.1 Å². The van der Waals surface area contributed by atoms with E-state index in [0.717, 1.165) is 5.92 Å². The number of allylic oxidation sites excluding steroid dienone is 7. The first-order valence-electron chi connectivity index (χ1n) is 6.12. The van der Waals surface area contributed by atoms with E-state index < -0.39 is 0 Å². The number of hydrogen-bond donors (Lipinski definition) is 0. The molecule has 0 aliphatic heterocycles. The zero-order chi connectivity index (χ0) is 12.4. The van der Waals surface area contributed by atoms with E-state index in [4.69, 9.17) is 6.58 Å². The summed E-state index contributed by atoms with van der Waals surface area (Å²) in [5.74, 6) is 0.814. The minimum atomic E-state index is 0.814. The van der Waals surface area contributed by atoms with Gasteiger partial charge in [-0.05, 0) is 32.6 Å². The Morgan fingerprint density at radius 1 is 1.19 bits per heavy atom. The Morgan fingerprint density at radius 3 is 2.44 bits per heavy atom. The Kier molecular flexibility index (Phi) is 8.61. The van der Waals surface area contributed by atoms with Crippen molar-refractivity contribution in [1.82, 2.24) is 0 Å². The van der Waals surface area contributed by atoms with E-state index in [0.29, 0.717) is 0 Å². The highest BCUT2D eigenvalue weighted by Crippen LogP contribution is 2.11. The van der Waals surface area contributed by atoms with Gasteiger partial charge in [-0.1, -0.05) is 68.4 Å². The predicted octanol–water partition coefficient (Wildman–Crippen LogP) is 5.25. The van der Waals surface area contributed by atoms with Crippen LogP contribution in [0.25, 0.3) is 0 Å². The molecule has 0 aliphatic carbocycles. The summed E-state index contributed by atoms with van der Waals surface area (Å²) >= 11 is 0. The van der Waals surface area contributed by atoms with Crippen molar-refractivity contribution in [1.29, 1.82) is 0 Å². The van der Waals surface area contributed by atoms with E-state index in [2.05, 4.69) is 39.0 Å². The lowest BCUT2D eigenvalue weighted by atomic mass is 10.0. The summed E-state index contributed by atoms with van der Waals surface area (Å²) in [6, 6.07) is 0. The van der Waals surface area contributed by atoms with E-state index in [9.17, 15) is 0 Å². The fourth-order valence-electron chi connectivity index (χ4n) is 1.44. The van der Waals surface area contributed by atoms with Crippen LogP contribution in [-0.4, -0.2) is 0 Å². The molecule has 0 heterocycles. The average Bonchev–Trinajstić information content (AvgIpc) is 2.17. The summed E-state index contributed by atoms with van der Waals surface area (Å²) < 4.78 is 0. The summed E-state index contributed by atoms with van der Waals surface area (Å²) in [6.07, 6.45) is 13.6. The lowest BCUT2D eigenvalue weighted by Crippen LogP contribution is -1.87. The molecule has 0 spiro atoms. The van der Waals surface area contributed by atoms with Crippen LogP contribution in [0.15, 0.2) is 41.5 Å². The molecule has 0 aromatic rings. The maximum Gasteiger partial charge on any atom is -0.0320 e. The predicted molar refractivity (Wildman–Crippen MR) is 74.2 cm³/mol. The van der Waals surface area contributed by atoms with Gasteiger partial charge in [-0.3, -0.25) is 0 Å². The Balaban J connectivity index is 3.94. The molecule has 0 nitrogen and oxygen atoms in total. The van der Waals surface area contributed by atoms with Gasteiger partial charge in [0, 0.05) is 0 Å². The molecular weight excluding hydrogens is 192 g/mol. The van der Waals surface area contributed by atoms with E-state index in [1.165, 1.54) is 30.4 Å². The molecule has 0 fully saturated rings. The normalized spacial score (nSPS) is 13.8. The summed E-state index contributed by atoms with van der Waals surface area (Å²) in [7, 11) is 0. The number of hydrogen-bond acceptors (Lipinski definition) is 0. The van der Waals surface area contributed by atoms with Crippen molar-refractivity contribution < 1.29 is 0 Å². The second-order valence-corrected chi connectivity index (χ2v) is 4.76. The largest absolute Gasteiger partial charge is 0.0733 e. The average molecular weight is 217 g/mol. The van der Waals surface area contributed by atoms with E-state index in [-0.39, 0.29) is 0 Å². The van der Waals surface area contributed by atoms with Crippen molar-refractivity contribution in [2.45, 2.75) is 47.0 Å². The standard InChI is InChI=1S/C16H25/c1-6-9-15(4)12-8-13-16(5)11-7-10-14(2)3/h1,6,8-9,12-14H,7,10-11H2,2-5H3/b6-1?,12-8+,15-9+,16-13+. The van der Waals surface area contributed by atoms with Gasteiger partial charge in [-0.15, -0.1) is 0 Å². The highest BCUT2D eigenvalue weighted by Gasteiger charge is 1.94. The zero-order valence-electron chi connectivity index (χ0n) is 11.2. The Bertz CT molecular complexity index is 274. The molecule has 0 bridgehead atoms. The molecule has 0 aromatic heterocycles. The highest BCUT2D eigenvalue weighted by molar-refractivity contribution is 5.24. The SMILES string of the molecule is [CH]=C/C=C(C)/C=C/C=C(\C)CCCC(C)C. The van der Waals surface area contributed by atoms with Crippen molar-refractivity contribution >= 4 is 0 Å². The van der Waals surface area contributed by atoms with Crippen LogP contribution in [0.5, 0.6) is 0 Å². The summed E-state index contributed by atoms with van der Waals surface area (Å²) in [5, 5.41) is 0. The van der Waals surface area contributed by atoms with Gasteiger partial charge in [-0.2, -0.15) is 0 Å². The Labute approximate surface area is 101 Å². The second-order valence-electron chi connectivity index (χ2n) is 4.76. The van der Waals surface area contributed by atoms with Gasteiger partial charge in [0.05, 0.1) is 0 Å². The van der Waals surface area contributed by atoms with Crippen LogP contribution in [0.1, 0.15) is 47.0 Å². The Morgan fingerprint density at radius 2 is 1.88 bits per heavy atom. The highest BCUT2D eigenvalue weighted by atomic mass is 14.0. The third-order valence-electron chi connectivity index (χ3n) is 2.45. The van der Waals surface area contributed by atoms with Gasteiger partial charge in [0.2, 0.25) is 0 Å². The first kappa shape index (κ1) is 15.0. The second kappa shape index (κ2) is 9.21. The van der Waals surface area contributed by atoms with Gasteiger partial charge >= 0.3 is 0 Å². The van der Waals surface area contributed by atoms with Gasteiger partial charge in [0.15, 0.2) is 0 Å². The molecule has 0 heteroatoms. The third kappa shape index (κ3) is 9.51. The molecule has 0 saturated heterocycles. The van der Waals surface area contributed by atoms with Crippen LogP contribution < -0.4 is 0 Å². The smallest absolute Gasteiger partial charge is 0.0320 e. The minimum Gasteiger partial charge on any atom is -0.0733 e. The topological polar surface area (TPSA) is 0 Å². The molecule has 16 heavy (non-hydrogen) atoms. The molecule has 0 N–H and O–H groups in total. The van der Waals surface area contributed by atoms with Crippen molar-refractivity contribution in [2.24, 2.45) is 5.92 Å². The monoisotopic (exact) mass is 217 g/mol. The van der Waals surface area contributed by atoms with Gasteiger partial charge in [0.25, 0.3) is 0 Å². The van der Waals surface area contributed by atoms with Crippen molar-refractivity contribution in [3.63, 3.8) is 0 Å². The lowest BCUT2D eigenvalue weighted by Gasteiger charge is -2.03. The molecule has 0 rings (SSSR count). The number of rotatable bonds is 7. The first-order valence-corrected chi connectivity index (χ1v) is 6.12. The molecule has 0 unspecified atom stereocenters. The third-order valence-corrected chi connectivity index (χ3v) is 2.45. The van der Waals surface area contributed by atoms with Crippen LogP contribution in [0, 0.1) is 12.5 Å². The van der Waals surface area contributed by atoms with E-state index in [1.54, 1.807) is 6.08 Å². The molecule has 1 radical (unpaired) electrons. The van der Waals surface area contributed by atoms with Crippen LogP contribution in [0.3, 0.4) is 0 Å². The summed E-state index contributed by atoms with van der Waals surface area (Å²) in [5.41, 5.74) is 2.62. The fourth-order valence-corrected chi connectivity index (χ4v) is 1.44. The van der Waals surface area contributed by atoms with E-state index >= 15 is 0 Å². The molecular formula is C16H25. The minimum absolute atomic E-state index is 0.814. The molecule has 0 atom stereocenters. The molecule has 89 valence electrons. The van der Waals surface area contributed by atoms with Crippen molar-refractivity contribution in [2.75, 3.05) is 0 Å². The Hall–Kier alpha value is -1.04. The zero-order valence-corrected chi connectivity index (χ0v) is 11.2. The van der Waals surface area contributed by atoms with Crippen LogP contribution in [-0.2, 0) is 0 Å². The molecule has 0 aliphatic rings. The van der Waals surface area contributed by atoms with E-state index in [1.807, 2.05) is 13.0 Å². The fraction of sp³-hybridized carbons (Fsp3) is 0.500. The van der Waals surface area contributed by atoms with Gasteiger partial charge in [-0.25, -0.2) is 0 Å². The maximum atomic E-state index is 5.30. The maximum absolute atomic E-state index is 5.30. The summed E-state index contributed by atoms with van der Waals surface area (Å²) in [4.78, 5) is 0. The first-order chi connectivity index (χ1) is 7.56. The van der Waals surface area contributed by atoms with Crippen LogP contribution in [0.2, 0.25) is 0 Å². The van der Waals surface area contributed by atoms with Crippen LogP contribution in [0.4, 0.5) is 0 Å². The van der Waals surface area contributed by atoms with Gasteiger partial charge < -0.3 is 0 Å². The lowest BCUT2D eigenvalue weighted by molar-refractivity contribution is 0.555. The van der Waals surface area contributed by atoms with Gasteiger partial charge in [0.1, 0.15) is 0 Å². The van der Waals surface area contributed by atoms with Crippen LogP contribution >= 0.6 is 0 Å². The molecule has 0 amide bonds. The molecule has 0 saturated carbocycles. The van der Waals surface area contributed by atoms with Crippen molar-refractivity contribution in [3.8, 4) is 0 Å². The quantitative estimate of drug-likeness (QED) is 0.511. The molecule has 0 aromatic carbocycles. The summed E-state index contributed by atoms with van der Waals surface area (Å²) in [6.45, 7) is 14.1.